The molecule has 2 amide bonds. The second kappa shape index (κ2) is 9.98. The van der Waals surface area contributed by atoms with Gasteiger partial charge >= 0.3 is 0 Å². The van der Waals surface area contributed by atoms with Gasteiger partial charge in [-0.25, -0.2) is 15.0 Å². The summed E-state index contributed by atoms with van der Waals surface area (Å²) in [5, 5.41) is 17.2. The average Bonchev–Trinajstić information content (AvgIpc) is 3.63. The van der Waals surface area contributed by atoms with E-state index in [0.717, 1.165) is 31.4 Å². The lowest BCUT2D eigenvalue weighted by Gasteiger charge is -2.27. The summed E-state index contributed by atoms with van der Waals surface area (Å²) in [5.74, 6) is -0.562. The molecular weight excluding hydrogens is 432 g/mol. The van der Waals surface area contributed by atoms with Gasteiger partial charge in [-0.15, -0.1) is 0 Å². The Kier molecular flexibility index (Phi) is 6.85. The van der Waals surface area contributed by atoms with Gasteiger partial charge in [0.05, 0.1) is 29.5 Å². The number of pyridine rings is 1. The molecule has 1 saturated heterocycles. The second-order valence-electron chi connectivity index (χ2n) is 8.82. The van der Waals surface area contributed by atoms with E-state index in [1.807, 2.05) is 26.0 Å². The summed E-state index contributed by atoms with van der Waals surface area (Å²) in [5.41, 5.74) is 1.95. The van der Waals surface area contributed by atoms with Gasteiger partial charge in [0, 0.05) is 36.9 Å². The Hall–Kier alpha value is -3.82. The summed E-state index contributed by atoms with van der Waals surface area (Å²) in [6.45, 7) is 3.96. The third kappa shape index (κ3) is 5.05. The van der Waals surface area contributed by atoms with Crippen LogP contribution >= 0.6 is 0 Å². The molecule has 4 rings (SSSR count). The van der Waals surface area contributed by atoms with Crippen molar-refractivity contribution in [3.8, 4) is 0 Å². The van der Waals surface area contributed by atoms with Gasteiger partial charge in [0.25, 0.3) is 11.8 Å². The van der Waals surface area contributed by atoms with Gasteiger partial charge < -0.3 is 20.9 Å². The lowest BCUT2D eigenvalue weighted by molar-refractivity contribution is -0.126. The molecule has 1 saturated carbocycles. The zero-order valence-corrected chi connectivity index (χ0v) is 19.6. The number of amides is 2. The van der Waals surface area contributed by atoms with E-state index in [-0.39, 0.29) is 29.2 Å². The summed E-state index contributed by atoms with van der Waals surface area (Å²) in [4.78, 5) is 40.8. The van der Waals surface area contributed by atoms with E-state index < -0.39 is 11.8 Å². The SMILES string of the molecule is CN/C=C(/NC(=O)c1nc(C2CC2)ccc1Nc1cncnc1)C(=N)C(=O)N1C(C)CCC1C. The topological polar surface area (TPSA) is 136 Å². The Morgan fingerprint density at radius 1 is 1.09 bits per heavy atom. The van der Waals surface area contributed by atoms with Crippen LogP contribution in [-0.2, 0) is 4.79 Å². The summed E-state index contributed by atoms with van der Waals surface area (Å²) in [7, 11) is 1.65. The highest BCUT2D eigenvalue weighted by molar-refractivity contribution is 6.44. The Morgan fingerprint density at radius 3 is 2.38 bits per heavy atom. The zero-order chi connectivity index (χ0) is 24.2. The normalized spacial score (nSPS) is 20.1. The van der Waals surface area contributed by atoms with E-state index >= 15 is 0 Å². The fourth-order valence-corrected chi connectivity index (χ4v) is 4.21. The van der Waals surface area contributed by atoms with Crippen LogP contribution in [0.4, 0.5) is 11.4 Å². The molecule has 10 nitrogen and oxygen atoms in total. The van der Waals surface area contributed by atoms with Crippen LogP contribution in [0.5, 0.6) is 0 Å². The van der Waals surface area contributed by atoms with E-state index in [2.05, 4.69) is 30.9 Å². The molecule has 0 spiro atoms. The van der Waals surface area contributed by atoms with Gasteiger partial charge in [0.15, 0.2) is 5.69 Å². The summed E-state index contributed by atoms with van der Waals surface area (Å²) < 4.78 is 0. The van der Waals surface area contributed by atoms with Crippen molar-refractivity contribution in [3.63, 3.8) is 0 Å². The molecule has 1 aliphatic carbocycles. The van der Waals surface area contributed by atoms with Crippen LogP contribution in [0.25, 0.3) is 0 Å². The van der Waals surface area contributed by atoms with E-state index in [1.54, 1.807) is 24.3 Å². The minimum absolute atomic E-state index is 0.0511. The van der Waals surface area contributed by atoms with E-state index in [9.17, 15) is 9.59 Å². The van der Waals surface area contributed by atoms with Crippen molar-refractivity contribution in [2.24, 2.45) is 0 Å². The lowest BCUT2D eigenvalue weighted by Crippen LogP contribution is -2.45. The third-order valence-corrected chi connectivity index (χ3v) is 6.17. The molecule has 2 aromatic heterocycles. The Bertz CT molecular complexity index is 1100. The number of aromatic nitrogens is 3. The molecule has 0 radical (unpaired) electrons. The van der Waals surface area contributed by atoms with Crippen LogP contribution in [0, 0.1) is 5.41 Å². The fraction of sp³-hybridized carbons (Fsp3) is 0.417. The van der Waals surface area contributed by atoms with E-state index in [1.165, 1.54) is 12.5 Å². The van der Waals surface area contributed by atoms with Crippen molar-refractivity contribution in [3.05, 3.63) is 54.1 Å². The number of hydrogen-bond donors (Lipinski definition) is 4. The molecular formula is C24H30N8O2. The van der Waals surface area contributed by atoms with Gasteiger partial charge in [-0.05, 0) is 51.7 Å². The van der Waals surface area contributed by atoms with Gasteiger partial charge in [0.1, 0.15) is 12.0 Å². The van der Waals surface area contributed by atoms with E-state index in [0.29, 0.717) is 17.3 Å². The monoisotopic (exact) mass is 462 g/mol. The van der Waals surface area contributed by atoms with Gasteiger partial charge in [0.2, 0.25) is 0 Å². The summed E-state index contributed by atoms with van der Waals surface area (Å²) in [6, 6.07) is 3.83. The predicted octanol–water partition coefficient (Wildman–Crippen LogP) is 2.70. The molecule has 3 heterocycles. The standard InChI is InChI=1S/C24H30N8O2/c1-14-4-5-15(2)32(14)24(34)21(25)20(12-26-3)31-23(33)22-19(29-17-10-27-13-28-11-17)9-8-18(30-22)16-6-7-16/h8-16,25-26,29H,4-7H2,1-3H3,(H,31,33)/b20-12+,25-21?. The number of carbonyl (C=O) groups excluding carboxylic acids is 2. The first kappa shape index (κ1) is 23.3. The minimum atomic E-state index is -0.511. The molecule has 2 aliphatic rings. The van der Waals surface area contributed by atoms with Crippen LogP contribution in [0.3, 0.4) is 0 Å². The van der Waals surface area contributed by atoms with Gasteiger partial charge in [-0.2, -0.15) is 0 Å². The quantitative estimate of drug-likeness (QED) is 0.443. The van der Waals surface area contributed by atoms with Crippen LogP contribution < -0.4 is 16.0 Å². The van der Waals surface area contributed by atoms with Crippen LogP contribution in [-0.4, -0.2) is 56.5 Å². The number of carbonyl (C=O) groups is 2. The maximum atomic E-state index is 13.4. The minimum Gasteiger partial charge on any atom is -0.392 e. The lowest BCUT2D eigenvalue weighted by atomic mass is 10.1. The third-order valence-electron chi connectivity index (χ3n) is 6.17. The summed E-state index contributed by atoms with van der Waals surface area (Å²) >= 11 is 0. The van der Waals surface area contributed by atoms with Crippen molar-refractivity contribution in [2.75, 3.05) is 12.4 Å². The second-order valence-corrected chi connectivity index (χ2v) is 8.82. The predicted molar refractivity (Wildman–Crippen MR) is 129 cm³/mol. The fourth-order valence-electron chi connectivity index (χ4n) is 4.21. The number of nitrogens with zero attached hydrogens (tertiary/aromatic N) is 4. The van der Waals surface area contributed by atoms with Gasteiger partial charge in [-0.1, -0.05) is 0 Å². The number of hydrogen-bond acceptors (Lipinski definition) is 8. The number of anilines is 2. The van der Waals surface area contributed by atoms with Crippen molar-refractivity contribution < 1.29 is 9.59 Å². The molecule has 4 N–H and O–H groups in total. The number of likely N-dealkylation sites (tertiary alicyclic amines) is 1. The van der Waals surface area contributed by atoms with E-state index in [4.69, 9.17) is 5.41 Å². The highest BCUT2D eigenvalue weighted by atomic mass is 16.2. The molecule has 2 fully saturated rings. The average molecular weight is 463 g/mol. The van der Waals surface area contributed by atoms with Crippen molar-refractivity contribution in [1.82, 2.24) is 30.5 Å². The van der Waals surface area contributed by atoms with Crippen LogP contribution in [0.15, 0.2) is 42.8 Å². The Balaban J connectivity index is 1.59. The highest BCUT2D eigenvalue weighted by Crippen LogP contribution is 2.39. The molecule has 2 aromatic rings. The molecule has 2 atom stereocenters. The molecule has 34 heavy (non-hydrogen) atoms. The Labute approximate surface area is 198 Å². The van der Waals surface area contributed by atoms with Crippen molar-refractivity contribution in [2.45, 2.75) is 57.5 Å². The molecule has 0 aromatic carbocycles. The molecule has 1 aliphatic heterocycles. The smallest absolute Gasteiger partial charge is 0.276 e. The molecule has 10 heteroatoms. The molecule has 0 bridgehead atoms. The zero-order valence-electron chi connectivity index (χ0n) is 19.6. The largest absolute Gasteiger partial charge is 0.392 e. The first-order valence-corrected chi connectivity index (χ1v) is 11.5. The first-order chi connectivity index (χ1) is 16.4. The maximum absolute atomic E-state index is 13.4. The van der Waals surface area contributed by atoms with Crippen molar-refractivity contribution in [1.29, 1.82) is 5.41 Å². The highest BCUT2D eigenvalue weighted by Gasteiger charge is 2.35. The summed E-state index contributed by atoms with van der Waals surface area (Å²) in [6.07, 6.45) is 9.96. The van der Waals surface area contributed by atoms with Crippen molar-refractivity contribution >= 4 is 28.9 Å². The molecule has 178 valence electrons. The molecule has 2 unspecified atom stereocenters. The number of rotatable bonds is 8. The first-order valence-electron chi connectivity index (χ1n) is 11.5. The van der Waals surface area contributed by atoms with Crippen LogP contribution in [0.1, 0.15) is 61.6 Å². The Morgan fingerprint density at radius 2 is 1.76 bits per heavy atom. The van der Waals surface area contributed by atoms with Crippen LogP contribution in [0.2, 0.25) is 0 Å². The number of nitrogens with one attached hydrogen (secondary N) is 4. The van der Waals surface area contributed by atoms with Gasteiger partial charge in [-0.3, -0.25) is 15.0 Å². The maximum Gasteiger partial charge on any atom is 0.276 e.